The standard InChI is InChI=1S/C16H29N3O4/c1-3-18(4-2)14(20)6-5-13-8-11-19(12-9-13)16(23)17-10-7-15(21)22/h13H,3-12H2,1-2H3,(H,17,23)(H,21,22). The summed E-state index contributed by atoms with van der Waals surface area (Å²) in [5, 5.41) is 11.2. The average molecular weight is 327 g/mol. The summed E-state index contributed by atoms with van der Waals surface area (Å²) >= 11 is 0. The lowest BCUT2D eigenvalue weighted by atomic mass is 9.92. The number of carboxylic acid groups (broad SMARTS) is 1. The Hall–Kier alpha value is -1.79. The van der Waals surface area contributed by atoms with E-state index in [-0.39, 0.29) is 24.9 Å². The lowest BCUT2D eigenvalue weighted by Crippen LogP contribution is -2.45. The minimum atomic E-state index is -0.915. The number of nitrogens with zero attached hydrogens (tertiary/aromatic N) is 2. The first-order valence-corrected chi connectivity index (χ1v) is 8.50. The fourth-order valence-electron chi connectivity index (χ4n) is 2.87. The summed E-state index contributed by atoms with van der Waals surface area (Å²) in [4.78, 5) is 37.9. The van der Waals surface area contributed by atoms with Crippen LogP contribution in [0.5, 0.6) is 0 Å². The van der Waals surface area contributed by atoms with Crippen LogP contribution in [-0.2, 0) is 9.59 Å². The molecule has 3 amide bonds. The molecule has 0 atom stereocenters. The number of amides is 3. The SMILES string of the molecule is CCN(CC)C(=O)CCC1CCN(C(=O)NCCC(=O)O)CC1. The molecule has 0 aromatic rings. The molecule has 1 heterocycles. The molecule has 132 valence electrons. The van der Waals surface area contributed by atoms with Crippen molar-refractivity contribution >= 4 is 17.9 Å². The van der Waals surface area contributed by atoms with Gasteiger partial charge in [-0.05, 0) is 39.0 Å². The number of carbonyl (C=O) groups is 3. The fraction of sp³-hybridized carbons (Fsp3) is 0.812. The van der Waals surface area contributed by atoms with Gasteiger partial charge in [-0.15, -0.1) is 0 Å². The van der Waals surface area contributed by atoms with Crippen molar-refractivity contribution in [3.8, 4) is 0 Å². The van der Waals surface area contributed by atoms with E-state index < -0.39 is 5.97 Å². The molecular weight excluding hydrogens is 298 g/mol. The summed E-state index contributed by atoms with van der Waals surface area (Å²) in [6.07, 6.45) is 3.20. The van der Waals surface area contributed by atoms with E-state index in [0.717, 1.165) is 32.4 Å². The summed E-state index contributed by atoms with van der Waals surface area (Å²) in [5.74, 6) is -0.219. The van der Waals surface area contributed by atoms with Crippen molar-refractivity contribution in [3.63, 3.8) is 0 Å². The van der Waals surface area contributed by atoms with Crippen LogP contribution in [-0.4, -0.2) is 65.5 Å². The fourth-order valence-corrected chi connectivity index (χ4v) is 2.87. The van der Waals surface area contributed by atoms with Crippen LogP contribution in [0.25, 0.3) is 0 Å². The van der Waals surface area contributed by atoms with Crippen molar-refractivity contribution in [3.05, 3.63) is 0 Å². The van der Waals surface area contributed by atoms with E-state index in [9.17, 15) is 14.4 Å². The minimum absolute atomic E-state index is 0.0598. The second-order valence-corrected chi connectivity index (χ2v) is 5.91. The van der Waals surface area contributed by atoms with Crippen LogP contribution < -0.4 is 5.32 Å². The first-order chi connectivity index (χ1) is 11.0. The number of rotatable bonds is 8. The molecular formula is C16H29N3O4. The van der Waals surface area contributed by atoms with Gasteiger partial charge >= 0.3 is 12.0 Å². The molecule has 1 aliphatic rings. The average Bonchev–Trinajstić information content (AvgIpc) is 2.54. The van der Waals surface area contributed by atoms with Crippen LogP contribution >= 0.6 is 0 Å². The van der Waals surface area contributed by atoms with Crippen LogP contribution in [0, 0.1) is 5.92 Å². The Bertz CT molecular complexity index is 402. The van der Waals surface area contributed by atoms with E-state index >= 15 is 0 Å². The summed E-state index contributed by atoms with van der Waals surface area (Å²) in [5.41, 5.74) is 0. The van der Waals surface area contributed by atoms with E-state index in [1.54, 1.807) is 4.90 Å². The van der Waals surface area contributed by atoms with E-state index in [4.69, 9.17) is 5.11 Å². The number of carbonyl (C=O) groups excluding carboxylic acids is 2. The molecule has 0 aromatic heterocycles. The number of carboxylic acids is 1. The second-order valence-electron chi connectivity index (χ2n) is 5.91. The molecule has 0 unspecified atom stereocenters. The van der Waals surface area contributed by atoms with E-state index in [1.165, 1.54) is 0 Å². The van der Waals surface area contributed by atoms with Crippen molar-refractivity contribution in [1.82, 2.24) is 15.1 Å². The summed E-state index contributed by atoms with van der Waals surface area (Å²) in [7, 11) is 0. The molecule has 0 aromatic carbocycles. The highest BCUT2D eigenvalue weighted by Crippen LogP contribution is 2.22. The highest BCUT2D eigenvalue weighted by molar-refractivity contribution is 5.76. The second kappa shape index (κ2) is 10.1. The van der Waals surface area contributed by atoms with Crippen molar-refractivity contribution in [2.24, 2.45) is 5.92 Å². The maximum atomic E-state index is 12.0. The first-order valence-electron chi connectivity index (χ1n) is 8.50. The van der Waals surface area contributed by atoms with Gasteiger partial charge in [0.1, 0.15) is 0 Å². The Kier molecular flexibility index (Phi) is 8.43. The molecule has 7 nitrogen and oxygen atoms in total. The van der Waals surface area contributed by atoms with Crippen molar-refractivity contribution in [2.45, 2.75) is 46.0 Å². The predicted octanol–water partition coefficient (Wildman–Crippen LogP) is 1.53. The van der Waals surface area contributed by atoms with E-state index in [1.807, 2.05) is 18.7 Å². The largest absolute Gasteiger partial charge is 0.481 e. The number of likely N-dealkylation sites (tertiary alicyclic amines) is 1. The number of hydrogen-bond donors (Lipinski definition) is 2. The smallest absolute Gasteiger partial charge is 0.317 e. The molecule has 1 rings (SSSR count). The highest BCUT2D eigenvalue weighted by atomic mass is 16.4. The summed E-state index contributed by atoms with van der Waals surface area (Å²) in [6, 6.07) is -0.191. The van der Waals surface area contributed by atoms with E-state index in [2.05, 4.69) is 5.32 Å². The first kappa shape index (κ1) is 19.3. The molecule has 0 spiro atoms. The third-order valence-electron chi connectivity index (χ3n) is 4.40. The van der Waals surface area contributed by atoms with E-state index in [0.29, 0.717) is 25.4 Å². The van der Waals surface area contributed by atoms with Crippen LogP contribution in [0.1, 0.15) is 46.0 Å². The van der Waals surface area contributed by atoms with Gasteiger partial charge < -0.3 is 20.2 Å². The number of nitrogens with one attached hydrogen (secondary N) is 1. The Balaban J connectivity index is 2.23. The van der Waals surface area contributed by atoms with Crippen molar-refractivity contribution in [1.29, 1.82) is 0 Å². The zero-order valence-electron chi connectivity index (χ0n) is 14.2. The molecule has 1 aliphatic heterocycles. The van der Waals surface area contributed by atoms with Crippen LogP contribution in [0.2, 0.25) is 0 Å². The normalized spacial score (nSPS) is 15.3. The third kappa shape index (κ3) is 6.88. The topological polar surface area (TPSA) is 90.0 Å². The lowest BCUT2D eigenvalue weighted by Gasteiger charge is -2.32. The molecule has 0 bridgehead atoms. The Labute approximate surface area is 138 Å². The van der Waals surface area contributed by atoms with Gasteiger partial charge in [0.2, 0.25) is 5.91 Å². The molecule has 0 saturated carbocycles. The number of urea groups is 1. The molecule has 1 fully saturated rings. The van der Waals surface area contributed by atoms with Crippen LogP contribution in [0.3, 0.4) is 0 Å². The summed E-state index contributed by atoms with van der Waals surface area (Å²) in [6.45, 7) is 6.98. The molecule has 23 heavy (non-hydrogen) atoms. The maximum absolute atomic E-state index is 12.0. The zero-order valence-corrected chi connectivity index (χ0v) is 14.2. The number of aliphatic carboxylic acids is 1. The Morgan fingerprint density at radius 1 is 1.13 bits per heavy atom. The van der Waals surface area contributed by atoms with Crippen molar-refractivity contribution in [2.75, 3.05) is 32.7 Å². The van der Waals surface area contributed by atoms with Gasteiger partial charge in [-0.25, -0.2) is 4.79 Å². The van der Waals surface area contributed by atoms with Gasteiger partial charge in [0.25, 0.3) is 0 Å². The third-order valence-corrected chi connectivity index (χ3v) is 4.40. The monoisotopic (exact) mass is 327 g/mol. The zero-order chi connectivity index (χ0) is 17.2. The molecule has 7 heteroatoms. The maximum Gasteiger partial charge on any atom is 0.317 e. The summed E-state index contributed by atoms with van der Waals surface area (Å²) < 4.78 is 0. The van der Waals surface area contributed by atoms with Gasteiger partial charge in [-0.2, -0.15) is 0 Å². The predicted molar refractivity (Wildman–Crippen MR) is 87.1 cm³/mol. The minimum Gasteiger partial charge on any atom is -0.481 e. The Morgan fingerprint density at radius 2 is 1.74 bits per heavy atom. The number of piperidine rings is 1. The number of hydrogen-bond acceptors (Lipinski definition) is 3. The van der Waals surface area contributed by atoms with Crippen LogP contribution in [0.4, 0.5) is 4.79 Å². The van der Waals surface area contributed by atoms with Gasteiger partial charge in [0, 0.05) is 39.1 Å². The van der Waals surface area contributed by atoms with Crippen molar-refractivity contribution < 1.29 is 19.5 Å². The van der Waals surface area contributed by atoms with Gasteiger partial charge in [0.15, 0.2) is 0 Å². The van der Waals surface area contributed by atoms with Gasteiger partial charge in [-0.1, -0.05) is 0 Å². The molecule has 2 N–H and O–H groups in total. The van der Waals surface area contributed by atoms with Crippen LogP contribution in [0.15, 0.2) is 0 Å². The van der Waals surface area contributed by atoms with Gasteiger partial charge in [0.05, 0.1) is 6.42 Å². The quantitative estimate of drug-likeness (QED) is 0.707. The Morgan fingerprint density at radius 3 is 2.26 bits per heavy atom. The molecule has 1 saturated heterocycles. The molecule has 0 aliphatic carbocycles. The molecule has 0 radical (unpaired) electrons. The lowest BCUT2D eigenvalue weighted by molar-refractivity contribution is -0.137. The van der Waals surface area contributed by atoms with Gasteiger partial charge in [-0.3, -0.25) is 9.59 Å². The highest BCUT2D eigenvalue weighted by Gasteiger charge is 2.23.